The van der Waals surface area contributed by atoms with Crippen molar-refractivity contribution in [3.05, 3.63) is 28.3 Å². The fourth-order valence-corrected chi connectivity index (χ4v) is 2.83. The van der Waals surface area contributed by atoms with Gasteiger partial charge in [0.25, 0.3) is 0 Å². The highest BCUT2D eigenvalue weighted by atomic mass is 35.5. The summed E-state index contributed by atoms with van der Waals surface area (Å²) in [4.78, 5) is 27.4. The molecule has 1 rings (SSSR count). The predicted octanol–water partition coefficient (Wildman–Crippen LogP) is 3.18. The Bertz CT molecular complexity index is 516. The molecule has 0 atom stereocenters. The van der Waals surface area contributed by atoms with Crippen molar-refractivity contribution in [2.75, 3.05) is 24.5 Å². The number of halogens is 1. The third-order valence-electron chi connectivity index (χ3n) is 3.46. The Morgan fingerprint density at radius 3 is 2.14 bits per heavy atom. The van der Waals surface area contributed by atoms with Crippen molar-refractivity contribution >= 4 is 29.1 Å². The molecule has 0 radical (unpaired) electrons. The summed E-state index contributed by atoms with van der Waals surface area (Å²) in [6, 6.07) is 3.76. The maximum absolute atomic E-state index is 12.3. The van der Waals surface area contributed by atoms with Gasteiger partial charge >= 0.3 is 0 Å². The van der Waals surface area contributed by atoms with E-state index in [0.29, 0.717) is 23.8 Å². The third-order valence-corrected chi connectivity index (χ3v) is 3.75. The third kappa shape index (κ3) is 4.21. The van der Waals surface area contributed by atoms with E-state index in [9.17, 15) is 9.59 Å². The Morgan fingerprint density at radius 2 is 1.71 bits per heavy atom. The molecule has 1 aromatic carbocycles. The lowest BCUT2D eigenvalue weighted by molar-refractivity contribution is -0.130. The van der Waals surface area contributed by atoms with Crippen molar-refractivity contribution in [2.45, 2.75) is 34.6 Å². The van der Waals surface area contributed by atoms with Crippen LogP contribution in [-0.4, -0.2) is 36.3 Å². The number of carbonyl (C=O) groups is 2. The molecule has 1 aromatic rings. The van der Waals surface area contributed by atoms with Crippen molar-refractivity contribution < 1.29 is 9.59 Å². The van der Waals surface area contributed by atoms with Crippen LogP contribution in [0.3, 0.4) is 0 Å². The second-order valence-corrected chi connectivity index (χ2v) is 5.49. The van der Waals surface area contributed by atoms with Crippen LogP contribution in [0.5, 0.6) is 0 Å². The van der Waals surface area contributed by atoms with E-state index in [1.165, 1.54) is 11.8 Å². The molecule has 0 saturated heterocycles. The molecular weight excluding hydrogens is 288 g/mol. The smallest absolute Gasteiger partial charge is 0.242 e. The summed E-state index contributed by atoms with van der Waals surface area (Å²) in [5, 5.41) is 0.495. The quantitative estimate of drug-likeness (QED) is 0.838. The monoisotopic (exact) mass is 310 g/mol. The Hall–Kier alpha value is -1.55. The van der Waals surface area contributed by atoms with Gasteiger partial charge in [-0.25, -0.2) is 0 Å². The second-order valence-electron chi connectivity index (χ2n) is 5.08. The van der Waals surface area contributed by atoms with Gasteiger partial charge in [-0.3, -0.25) is 9.59 Å². The molecule has 0 aliphatic carbocycles. The molecule has 0 N–H and O–H groups in total. The van der Waals surface area contributed by atoms with Crippen LogP contribution in [0.1, 0.15) is 31.9 Å². The van der Waals surface area contributed by atoms with Crippen LogP contribution in [0.25, 0.3) is 0 Å². The molecule has 0 fully saturated rings. The molecule has 0 heterocycles. The van der Waals surface area contributed by atoms with Gasteiger partial charge in [-0.1, -0.05) is 17.7 Å². The molecule has 0 saturated carbocycles. The first-order valence-electron chi connectivity index (χ1n) is 7.14. The number of hydrogen-bond acceptors (Lipinski definition) is 2. The highest BCUT2D eigenvalue weighted by molar-refractivity contribution is 6.34. The Morgan fingerprint density at radius 1 is 1.14 bits per heavy atom. The Labute approximate surface area is 131 Å². The van der Waals surface area contributed by atoms with E-state index in [-0.39, 0.29) is 18.4 Å². The largest absolute Gasteiger partial charge is 0.342 e. The topological polar surface area (TPSA) is 40.6 Å². The van der Waals surface area contributed by atoms with Crippen molar-refractivity contribution in [1.82, 2.24) is 4.90 Å². The lowest BCUT2D eigenvalue weighted by Gasteiger charge is -2.27. The number of benzene rings is 1. The fraction of sp³-hybridized carbons (Fsp3) is 0.500. The van der Waals surface area contributed by atoms with E-state index in [1.807, 2.05) is 39.8 Å². The van der Waals surface area contributed by atoms with E-state index in [2.05, 4.69) is 0 Å². The van der Waals surface area contributed by atoms with Crippen molar-refractivity contribution in [3.8, 4) is 0 Å². The average Bonchev–Trinajstić information content (AvgIpc) is 2.37. The summed E-state index contributed by atoms with van der Waals surface area (Å²) >= 11 is 6.29. The van der Waals surface area contributed by atoms with Crippen LogP contribution in [0.2, 0.25) is 5.02 Å². The number of aryl methyl sites for hydroxylation is 2. The lowest BCUT2D eigenvalue weighted by Crippen LogP contribution is -2.42. The summed E-state index contributed by atoms with van der Waals surface area (Å²) in [5.74, 6) is -0.268. The first kappa shape index (κ1) is 17.5. The van der Waals surface area contributed by atoms with Gasteiger partial charge in [0.1, 0.15) is 6.54 Å². The van der Waals surface area contributed by atoms with Gasteiger partial charge in [0.15, 0.2) is 0 Å². The van der Waals surface area contributed by atoms with Gasteiger partial charge in [0, 0.05) is 20.0 Å². The molecule has 5 heteroatoms. The molecule has 0 aromatic heterocycles. The highest BCUT2D eigenvalue weighted by Gasteiger charge is 2.22. The average molecular weight is 311 g/mol. The van der Waals surface area contributed by atoms with Gasteiger partial charge < -0.3 is 9.80 Å². The fourth-order valence-electron chi connectivity index (χ4n) is 2.41. The summed E-state index contributed by atoms with van der Waals surface area (Å²) in [6.45, 7) is 10.4. The van der Waals surface area contributed by atoms with E-state index in [4.69, 9.17) is 11.6 Å². The molecule has 2 amide bonds. The van der Waals surface area contributed by atoms with Crippen LogP contribution < -0.4 is 4.90 Å². The SMILES string of the molecule is CCN(CC)C(=O)CN(C(C)=O)c1c(C)cc(C)cc1Cl. The molecule has 4 nitrogen and oxygen atoms in total. The number of rotatable bonds is 5. The van der Waals surface area contributed by atoms with Crippen molar-refractivity contribution in [3.63, 3.8) is 0 Å². The lowest BCUT2D eigenvalue weighted by atomic mass is 10.1. The molecule has 0 spiro atoms. The summed E-state index contributed by atoms with van der Waals surface area (Å²) in [5.41, 5.74) is 2.54. The minimum atomic E-state index is -0.190. The zero-order valence-corrected chi connectivity index (χ0v) is 14.1. The standard InChI is InChI=1S/C16H23ClN2O2/c1-6-18(7-2)15(21)10-19(13(5)20)16-12(4)8-11(3)9-14(16)17/h8-9H,6-7,10H2,1-5H3. The number of likely N-dealkylation sites (N-methyl/N-ethyl adjacent to an activating group) is 1. The number of anilines is 1. The van der Waals surface area contributed by atoms with Gasteiger partial charge in [-0.2, -0.15) is 0 Å². The number of amides is 2. The van der Waals surface area contributed by atoms with Crippen LogP contribution in [0.4, 0.5) is 5.69 Å². The number of carbonyl (C=O) groups excluding carboxylic acids is 2. The van der Waals surface area contributed by atoms with E-state index >= 15 is 0 Å². The summed E-state index contributed by atoms with van der Waals surface area (Å²) < 4.78 is 0. The molecule has 0 bridgehead atoms. The van der Waals surface area contributed by atoms with Crippen LogP contribution in [0.15, 0.2) is 12.1 Å². The second kappa shape index (κ2) is 7.46. The van der Waals surface area contributed by atoms with Gasteiger partial charge in [-0.05, 0) is 44.9 Å². The van der Waals surface area contributed by atoms with Crippen LogP contribution >= 0.6 is 11.6 Å². The van der Waals surface area contributed by atoms with Crippen molar-refractivity contribution in [1.29, 1.82) is 0 Å². The summed E-state index contributed by atoms with van der Waals surface area (Å²) in [7, 11) is 0. The number of hydrogen-bond donors (Lipinski definition) is 0. The van der Waals surface area contributed by atoms with Gasteiger partial charge in [0.2, 0.25) is 11.8 Å². The zero-order chi connectivity index (χ0) is 16.2. The summed E-state index contributed by atoms with van der Waals surface area (Å²) in [6.07, 6.45) is 0. The first-order chi connectivity index (χ1) is 9.81. The number of nitrogens with zero attached hydrogens (tertiary/aromatic N) is 2. The maximum atomic E-state index is 12.3. The molecule has 0 aliphatic rings. The maximum Gasteiger partial charge on any atom is 0.242 e. The minimum Gasteiger partial charge on any atom is -0.342 e. The van der Waals surface area contributed by atoms with Gasteiger partial charge in [-0.15, -0.1) is 0 Å². The Kier molecular flexibility index (Phi) is 6.21. The zero-order valence-electron chi connectivity index (χ0n) is 13.4. The van der Waals surface area contributed by atoms with E-state index in [0.717, 1.165) is 11.1 Å². The normalized spacial score (nSPS) is 10.4. The first-order valence-corrected chi connectivity index (χ1v) is 7.52. The highest BCUT2D eigenvalue weighted by Crippen LogP contribution is 2.31. The van der Waals surface area contributed by atoms with E-state index < -0.39 is 0 Å². The van der Waals surface area contributed by atoms with E-state index in [1.54, 1.807) is 4.90 Å². The van der Waals surface area contributed by atoms with Crippen LogP contribution in [0, 0.1) is 13.8 Å². The van der Waals surface area contributed by atoms with Gasteiger partial charge in [0.05, 0.1) is 10.7 Å². The molecule has 0 unspecified atom stereocenters. The minimum absolute atomic E-state index is 0.0145. The molecule has 0 aliphatic heterocycles. The predicted molar refractivity (Wildman–Crippen MR) is 86.9 cm³/mol. The van der Waals surface area contributed by atoms with Crippen LogP contribution in [-0.2, 0) is 9.59 Å². The Balaban J connectivity index is 3.15. The van der Waals surface area contributed by atoms with Crippen molar-refractivity contribution in [2.24, 2.45) is 0 Å². The molecular formula is C16H23ClN2O2. The molecule has 116 valence electrons. The molecule has 21 heavy (non-hydrogen) atoms.